The number of halogens is 1. The van der Waals surface area contributed by atoms with E-state index in [4.69, 9.17) is 11.6 Å². The summed E-state index contributed by atoms with van der Waals surface area (Å²) >= 11 is 7.51. The molecule has 0 saturated heterocycles. The molecule has 0 aliphatic heterocycles. The fourth-order valence-electron chi connectivity index (χ4n) is 2.39. The first kappa shape index (κ1) is 21.3. The Labute approximate surface area is 170 Å². The van der Waals surface area contributed by atoms with E-state index in [0.29, 0.717) is 17.1 Å². The number of carbonyl (C=O) groups excluding carboxylic acids is 2. The summed E-state index contributed by atoms with van der Waals surface area (Å²) in [6.07, 6.45) is 0.445. The summed E-state index contributed by atoms with van der Waals surface area (Å²) in [4.78, 5) is 25.4. The summed E-state index contributed by atoms with van der Waals surface area (Å²) in [5.74, 6) is -0.149. The van der Waals surface area contributed by atoms with Crippen molar-refractivity contribution in [1.29, 1.82) is 0 Å². The first-order valence-electron chi connectivity index (χ1n) is 8.76. The molecule has 0 aliphatic rings. The van der Waals surface area contributed by atoms with E-state index in [-0.39, 0.29) is 22.5 Å². The number of anilines is 2. The molecule has 27 heavy (non-hydrogen) atoms. The van der Waals surface area contributed by atoms with Crippen molar-refractivity contribution in [2.75, 3.05) is 10.6 Å². The van der Waals surface area contributed by atoms with Crippen molar-refractivity contribution in [3.63, 3.8) is 0 Å². The van der Waals surface area contributed by atoms with Gasteiger partial charge in [-0.1, -0.05) is 50.6 Å². The monoisotopic (exact) mass is 404 g/mol. The molecule has 0 fully saturated rings. The van der Waals surface area contributed by atoms with E-state index in [0.717, 1.165) is 10.6 Å². The van der Waals surface area contributed by atoms with Crippen LogP contribution in [-0.4, -0.2) is 17.1 Å². The largest absolute Gasteiger partial charge is 0.326 e. The normalized spacial score (nSPS) is 12.3. The smallest absolute Gasteiger partial charge is 0.237 e. The van der Waals surface area contributed by atoms with Crippen LogP contribution in [0.4, 0.5) is 11.4 Å². The second kappa shape index (κ2) is 9.29. The topological polar surface area (TPSA) is 58.2 Å². The molecule has 0 spiro atoms. The lowest BCUT2D eigenvalue weighted by Crippen LogP contribution is -2.22. The van der Waals surface area contributed by atoms with E-state index < -0.39 is 0 Å². The lowest BCUT2D eigenvalue weighted by molar-refractivity contribution is -0.118. The number of para-hydroxylation sites is 1. The molecule has 0 radical (unpaired) electrons. The van der Waals surface area contributed by atoms with Crippen LogP contribution in [0.15, 0.2) is 53.4 Å². The molecule has 2 N–H and O–H groups in total. The van der Waals surface area contributed by atoms with Crippen LogP contribution in [0.25, 0.3) is 0 Å². The number of benzene rings is 2. The van der Waals surface area contributed by atoms with E-state index in [9.17, 15) is 9.59 Å². The van der Waals surface area contributed by atoms with Gasteiger partial charge >= 0.3 is 0 Å². The fourth-order valence-corrected chi connectivity index (χ4v) is 3.50. The highest BCUT2D eigenvalue weighted by Crippen LogP contribution is 2.28. The summed E-state index contributed by atoms with van der Waals surface area (Å²) in [5, 5.41) is 5.95. The van der Waals surface area contributed by atoms with Gasteiger partial charge in [0.1, 0.15) is 0 Å². The highest BCUT2D eigenvalue weighted by atomic mass is 35.5. The van der Waals surface area contributed by atoms with E-state index in [1.807, 2.05) is 64.1 Å². The van der Waals surface area contributed by atoms with Gasteiger partial charge in [0.15, 0.2) is 0 Å². The summed E-state index contributed by atoms with van der Waals surface area (Å²) in [6, 6.07) is 14.7. The van der Waals surface area contributed by atoms with Crippen molar-refractivity contribution in [1.82, 2.24) is 0 Å². The molecule has 4 nitrogen and oxygen atoms in total. The Morgan fingerprint density at radius 1 is 1.07 bits per heavy atom. The third-order valence-electron chi connectivity index (χ3n) is 3.62. The van der Waals surface area contributed by atoms with E-state index >= 15 is 0 Å². The van der Waals surface area contributed by atoms with Gasteiger partial charge in [0, 0.05) is 17.0 Å². The highest BCUT2D eigenvalue weighted by molar-refractivity contribution is 8.00. The molecule has 0 aromatic heterocycles. The van der Waals surface area contributed by atoms with Crippen LogP contribution in [0, 0.1) is 5.41 Å². The second-order valence-corrected chi connectivity index (χ2v) is 9.36. The molecule has 1 atom stereocenters. The minimum Gasteiger partial charge on any atom is -0.326 e. The van der Waals surface area contributed by atoms with Gasteiger partial charge in [0.25, 0.3) is 0 Å². The Morgan fingerprint density at radius 3 is 2.44 bits per heavy atom. The van der Waals surface area contributed by atoms with Crippen molar-refractivity contribution >= 4 is 46.6 Å². The number of amides is 2. The zero-order valence-corrected chi connectivity index (χ0v) is 17.6. The van der Waals surface area contributed by atoms with Crippen LogP contribution >= 0.6 is 23.4 Å². The van der Waals surface area contributed by atoms with Gasteiger partial charge in [-0.05, 0) is 42.7 Å². The third-order valence-corrected chi connectivity index (χ3v) is 5.05. The number of hydrogen-bond donors (Lipinski definition) is 2. The standard InChI is InChI=1S/C21H25ClN2O2S/c1-14(20(26)24-18-11-6-5-10-17(18)22)27-16-9-7-8-15(12-16)23-19(25)13-21(2,3)4/h5-12,14H,13H2,1-4H3,(H,23,25)(H,24,26). The van der Waals surface area contributed by atoms with Crippen molar-refractivity contribution in [2.24, 2.45) is 5.41 Å². The maximum Gasteiger partial charge on any atom is 0.237 e. The van der Waals surface area contributed by atoms with E-state index in [2.05, 4.69) is 10.6 Å². The first-order chi connectivity index (χ1) is 12.6. The summed E-state index contributed by atoms with van der Waals surface area (Å²) in [6.45, 7) is 7.91. The zero-order valence-electron chi connectivity index (χ0n) is 16.0. The summed E-state index contributed by atoms with van der Waals surface area (Å²) < 4.78 is 0. The molecule has 2 amide bonds. The van der Waals surface area contributed by atoms with Gasteiger partial charge in [-0.25, -0.2) is 0 Å². The van der Waals surface area contributed by atoms with E-state index in [1.54, 1.807) is 12.1 Å². The molecule has 0 heterocycles. The first-order valence-corrected chi connectivity index (χ1v) is 10.0. The Kier molecular flexibility index (Phi) is 7.33. The van der Waals surface area contributed by atoms with Gasteiger partial charge < -0.3 is 10.6 Å². The average molecular weight is 405 g/mol. The van der Waals surface area contributed by atoms with Gasteiger partial charge in [-0.15, -0.1) is 11.8 Å². The fraction of sp³-hybridized carbons (Fsp3) is 0.333. The van der Waals surface area contributed by atoms with Crippen LogP contribution in [0.3, 0.4) is 0 Å². The summed E-state index contributed by atoms with van der Waals surface area (Å²) in [7, 11) is 0. The van der Waals surface area contributed by atoms with Crippen molar-refractivity contribution < 1.29 is 9.59 Å². The molecule has 0 aliphatic carbocycles. The number of thioether (sulfide) groups is 1. The van der Waals surface area contributed by atoms with Crippen LogP contribution < -0.4 is 10.6 Å². The Balaban J connectivity index is 1.97. The number of hydrogen-bond acceptors (Lipinski definition) is 3. The van der Waals surface area contributed by atoms with Gasteiger partial charge in [0.2, 0.25) is 11.8 Å². The van der Waals surface area contributed by atoms with Crippen LogP contribution in [0.5, 0.6) is 0 Å². The minimum atomic E-state index is -0.318. The predicted molar refractivity (Wildman–Crippen MR) is 115 cm³/mol. The van der Waals surface area contributed by atoms with Crippen LogP contribution in [0.1, 0.15) is 34.1 Å². The maximum absolute atomic E-state index is 12.4. The molecule has 2 aromatic carbocycles. The number of carbonyl (C=O) groups is 2. The maximum atomic E-state index is 12.4. The molecule has 0 saturated carbocycles. The minimum absolute atomic E-state index is 0.0193. The van der Waals surface area contributed by atoms with Gasteiger partial charge in [-0.2, -0.15) is 0 Å². The quantitative estimate of drug-likeness (QED) is 0.595. The SMILES string of the molecule is CC(Sc1cccc(NC(=O)CC(C)(C)C)c1)C(=O)Nc1ccccc1Cl. The predicted octanol–water partition coefficient (Wildman–Crippen LogP) is 5.83. The van der Waals surface area contributed by atoms with Gasteiger partial charge in [0.05, 0.1) is 16.0 Å². The Hall–Kier alpha value is -1.98. The zero-order chi connectivity index (χ0) is 20.0. The van der Waals surface area contributed by atoms with Gasteiger partial charge in [-0.3, -0.25) is 9.59 Å². The molecular weight excluding hydrogens is 380 g/mol. The molecular formula is C21H25ClN2O2S. The second-order valence-electron chi connectivity index (χ2n) is 7.54. The van der Waals surface area contributed by atoms with Crippen molar-refractivity contribution in [3.8, 4) is 0 Å². The number of rotatable bonds is 6. The Bertz CT molecular complexity index is 818. The lowest BCUT2D eigenvalue weighted by atomic mass is 9.92. The molecule has 1 unspecified atom stereocenters. The molecule has 6 heteroatoms. The average Bonchev–Trinajstić information content (AvgIpc) is 2.55. The van der Waals surface area contributed by atoms with E-state index in [1.165, 1.54) is 11.8 Å². The Morgan fingerprint density at radius 2 is 1.78 bits per heavy atom. The molecule has 0 bridgehead atoms. The van der Waals surface area contributed by atoms with Crippen LogP contribution in [0.2, 0.25) is 5.02 Å². The number of nitrogens with one attached hydrogen (secondary N) is 2. The highest BCUT2D eigenvalue weighted by Gasteiger charge is 2.18. The molecule has 2 aromatic rings. The van der Waals surface area contributed by atoms with Crippen molar-refractivity contribution in [3.05, 3.63) is 53.6 Å². The third kappa shape index (κ3) is 7.27. The summed E-state index contributed by atoms with van der Waals surface area (Å²) in [5.41, 5.74) is 1.26. The van der Waals surface area contributed by atoms with Crippen LogP contribution in [-0.2, 0) is 9.59 Å². The molecule has 2 rings (SSSR count). The molecule has 144 valence electrons. The lowest BCUT2D eigenvalue weighted by Gasteiger charge is -2.17. The van der Waals surface area contributed by atoms with Crippen molar-refractivity contribution in [2.45, 2.75) is 44.3 Å².